The summed E-state index contributed by atoms with van der Waals surface area (Å²) in [7, 11) is 3.56. The number of methoxy groups -OCH3 is 1. The van der Waals surface area contributed by atoms with Gasteiger partial charge in [-0.25, -0.2) is 0 Å². The van der Waals surface area contributed by atoms with Gasteiger partial charge < -0.3 is 15.4 Å². The molecule has 2 N–H and O–H groups in total. The quantitative estimate of drug-likeness (QED) is 0.573. The molecule has 5 nitrogen and oxygen atoms in total. The number of ether oxygens (including phenoxy) is 1. The van der Waals surface area contributed by atoms with Crippen molar-refractivity contribution in [2.24, 2.45) is 4.99 Å². The summed E-state index contributed by atoms with van der Waals surface area (Å²) in [5, 5.41) is 7.02. The monoisotopic (exact) mass is 380 g/mol. The van der Waals surface area contributed by atoms with Crippen molar-refractivity contribution in [1.82, 2.24) is 15.5 Å². The summed E-state index contributed by atoms with van der Waals surface area (Å²) < 4.78 is 5.43. The van der Waals surface area contributed by atoms with Gasteiger partial charge in [-0.05, 0) is 36.5 Å². The predicted molar refractivity (Wildman–Crippen MR) is 116 cm³/mol. The number of guanidine groups is 1. The summed E-state index contributed by atoms with van der Waals surface area (Å²) in [6.07, 6.45) is 3.18. The van der Waals surface area contributed by atoms with Crippen molar-refractivity contribution in [3.8, 4) is 5.75 Å². The predicted octanol–water partition coefficient (Wildman–Crippen LogP) is 3.07. The second kappa shape index (κ2) is 10.7. The molecule has 5 heteroatoms. The van der Waals surface area contributed by atoms with Crippen LogP contribution >= 0.6 is 0 Å². The number of aliphatic imine (C=N–C) groups is 1. The molecule has 1 saturated heterocycles. The zero-order valence-electron chi connectivity index (χ0n) is 17.0. The van der Waals surface area contributed by atoms with Gasteiger partial charge in [-0.3, -0.25) is 9.89 Å². The molecule has 0 radical (unpaired) electrons. The van der Waals surface area contributed by atoms with Crippen LogP contribution in [0.3, 0.4) is 0 Å². The van der Waals surface area contributed by atoms with E-state index in [1.54, 1.807) is 7.11 Å². The fraction of sp³-hybridized carbons (Fsp3) is 0.435. The van der Waals surface area contributed by atoms with Gasteiger partial charge in [0.15, 0.2) is 5.96 Å². The lowest BCUT2D eigenvalue weighted by atomic mass is 10.0. The van der Waals surface area contributed by atoms with E-state index in [9.17, 15) is 0 Å². The molecule has 0 aliphatic carbocycles. The minimum Gasteiger partial charge on any atom is -0.496 e. The average Bonchev–Trinajstić information content (AvgIpc) is 2.75. The minimum absolute atomic E-state index is 0.476. The van der Waals surface area contributed by atoms with Crippen molar-refractivity contribution >= 4 is 5.96 Å². The van der Waals surface area contributed by atoms with Gasteiger partial charge in [0.05, 0.1) is 7.11 Å². The summed E-state index contributed by atoms with van der Waals surface area (Å²) in [5.41, 5.74) is 2.60. The smallest absolute Gasteiger partial charge is 0.191 e. The largest absolute Gasteiger partial charge is 0.496 e. The van der Waals surface area contributed by atoms with Crippen LogP contribution in [0.2, 0.25) is 0 Å². The Balaban J connectivity index is 1.39. The molecule has 1 heterocycles. The van der Waals surface area contributed by atoms with E-state index in [2.05, 4.69) is 56.9 Å². The van der Waals surface area contributed by atoms with Crippen molar-refractivity contribution < 1.29 is 4.74 Å². The van der Waals surface area contributed by atoms with Crippen molar-refractivity contribution in [3.63, 3.8) is 0 Å². The van der Waals surface area contributed by atoms with Crippen LogP contribution in [0.1, 0.15) is 24.0 Å². The SMILES string of the molecule is CN=C(NCCc1ccccc1OC)NC1CCN(Cc2ccccc2)CC1. The Kier molecular flexibility index (Phi) is 7.73. The van der Waals surface area contributed by atoms with Crippen molar-refractivity contribution in [3.05, 3.63) is 65.7 Å². The molecule has 1 aliphatic rings. The van der Waals surface area contributed by atoms with E-state index in [0.717, 1.165) is 57.2 Å². The molecule has 28 heavy (non-hydrogen) atoms. The summed E-state index contributed by atoms with van der Waals surface area (Å²) in [5.74, 6) is 1.83. The van der Waals surface area contributed by atoms with Crippen molar-refractivity contribution in [2.75, 3.05) is 33.8 Å². The fourth-order valence-electron chi connectivity index (χ4n) is 3.69. The number of hydrogen-bond donors (Lipinski definition) is 2. The lowest BCUT2D eigenvalue weighted by molar-refractivity contribution is 0.198. The third kappa shape index (κ3) is 5.99. The summed E-state index contributed by atoms with van der Waals surface area (Å²) >= 11 is 0. The van der Waals surface area contributed by atoms with Gasteiger partial charge in [-0.1, -0.05) is 48.5 Å². The van der Waals surface area contributed by atoms with E-state index in [1.807, 2.05) is 25.2 Å². The van der Waals surface area contributed by atoms with Crippen molar-refractivity contribution in [1.29, 1.82) is 0 Å². The van der Waals surface area contributed by atoms with Crippen LogP contribution in [0.25, 0.3) is 0 Å². The summed E-state index contributed by atoms with van der Waals surface area (Å²) in [6.45, 7) is 4.10. The second-order valence-corrected chi connectivity index (χ2v) is 7.24. The Labute approximate surface area is 168 Å². The maximum atomic E-state index is 5.43. The van der Waals surface area contributed by atoms with Crippen LogP contribution in [0, 0.1) is 0 Å². The topological polar surface area (TPSA) is 48.9 Å². The standard InChI is InChI=1S/C23H32N4O/c1-24-23(25-15-12-20-10-6-7-11-22(20)28-2)26-21-13-16-27(17-14-21)18-19-8-4-3-5-9-19/h3-11,21H,12-18H2,1-2H3,(H2,24,25,26). The Morgan fingerprint density at radius 2 is 1.79 bits per heavy atom. The number of piperidine rings is 1. The summed E-state index contributed by atoms with van der Waals surface area (Å²) in [6, 6.07) is 19.4. The molecule has 1 aliphatic heterocycles. The Bertz CT molecular complexity index is 739. The molecule has 150 valence electrons. The molecule has 3 rings (SSSR count). The Hall–Kier alpha value is -2.53. The first kappa shape index (κ1) is 20.2. The van der Waals surface area contributed by atoms with Gasteiger partial charge in [0.1, 0.15) is 5.75 Å². The molecule has 0 atom stereocenters. The highest BCUT2D eigenvalue weighted by Crippen LogP contribution is 2.17. The molecule has 0 saturated carbocycles. The fourth-order valence-corrected chi connectivity index (χ4v) is 3.69. The van der Waals surface area contributed by atoms with E-state index in [0.29, 0.717) is 6.04 Å². The summed E-state index contributed by atoms with van der Waals surface area (Å²) in [4.78, 5) is 6.93. The van der Waals surface area contributed by atoms with Crippen LogP contribution < -0.4 is 15.4 Å². The van der Waals surface area contributed by atoms with E-state index in [1.165, 1.54) is 11.1 Å². The number of likely N-dealkylation sites (tertiary alicyclic amines) is 1. The first-order chi connectivity index (χ1) is 13.8. The number of rotatable bonds is 7. The van der Waals surface area contributed by atoms with E-state index < -0.39 is 0 Å². The zero-order chi connectivity index (χ0) is 19.6. The Morgan fingerprint density at radius 3 is 2.50 bits per heavy atom. The first-order valence-corrected chi connectivity index (χ1v) is 10.1. The van der Waals surface area contributed by atoms with Crippen LogP contribution in [0.5, 0.6) is 5.75 Å². The van der Waals surface area contributed by atoms with Gasteiger partial charge in [0.2, 0.25) is 0 Å². The van der Waals surface area contributed by atoms with Crippen molar-refractivity contribution in [2.45, 2.75) is 31.8 Å². The van der Waals surface area contributed by atoms with E-state index in [-0.39, 0.29) is 0 Å². The number of nitrogens with one attached hydrogen (secondary N) is 2. The molecule has 0 spiro atoms. The lowest BCUT2D eigenvalue weighted by Crippen LogP contribution is -2.48. The van der Waals surface area contributed by atoms with Gasteiger partial charge >= 0.3 is 0 Å². The number of nitrogens with zero attached hydrogens (tertiary/aromatic N) is 2. The van der Waals surface area contributed by atoms with Gasteiger partial charge in [0, 0.05) is 39.3 Å². The number of para-hydroxylation sites is 1. The van der Waals surface area contributed by atoms with E-state index in [4.69, 9.17) is 4.74 Å². The van der Waals surface area contributed by atoms with Crippen LogP contribution in [-0.4, -0.2) is 50.7 Å². The highest BCUT2D eigenvalue weighted by atomic mass is 16.5. The molecular weight excluding hydrogens is 348 g/mol. The average molecular weight is 381 g/mol. The van der Waals surface area contributed by atoms with E-state index >= 15 is 0 Å². The molecule has 1 fully saturated rings. The molecule has 0 aromatic heterocycles. The lowest BCUT2D eigenvalue weighted by Gasteiger charge is -2.33. The van der Waals surface area contributed by atoms with Crippen LogP contribution in [0.15, 0.2) is 59.6 Å². The molecular formula is C23H32N4O. The van der Waals surface area contributed by atoms with Crippen LogP contribution in [0.4, 0.5) is 0 Å². The minimum atomic E-state index is 0.476. The number of benzene rings is 2. The molecule has 2 aromatic carbocycles. The van der Waals surface area contributed by atoms with Gasteiger partial charge in [-0.2, -0.15) is 0 Å². The Morgan fingerprint density at radius 1 is 1.07 bits per heavy atom. The third-order valence-electron chi connectivity index (χ3n) is 5.28. The zero-order valence-corrected chi connectivity index (χ0v) is 17.0. The maximum Gasteiger partial charge on any atom is 0.191 e. The maximum absolute atomic E-state index is 5.43. The molecule has 0 bridgehead atoms. The first-order valence-electron chi connectivity index (χ1n) is 10.1. The number of hydrogen-bond acceptors (Lipinski definition) is 3. The second-order valence-electron chi connectivity index (χ2n) is 7.24. The molecule has 2 aromatic rings. The highest BCUT2D eigenvalue weighted by molar-refractivity contribution is 5.80. The van der Waals surface area contributed by atoms with Gasteiger partial charge in [0.25, 0.3) is 0 Å². The highest BCUT2D eigenvalue weighted by Gasteiger charge is 2.20. The molecule has 0 amide bonds. The third-order valence-corrected chi connectivity index (χ3v) is 5.28. The van der Waals surface area contributed by atoms with Crippen LogP contribution in [-0.2, 0) is 13.0 Å². The normalized spacial score (nSPS) is 16.0. The molecule has 0 unspecified atom stereocenters. The van der Waals surface area contributed by atoms with Gasteiger partial charge in [-0.15, -0.1) is 0 Å².